The summed E-state index contributed by atoms with van der Waals surface area (Å²) in [4.78, 5) is 17.9. The molecule has 0 aromatic carbocycles. The molecule has 0 aliphatic carbocycles. The van der Waals surface area contributed by atoms with Crippen LogP contribution in [0.5, 0.6) is 0 Å². The van der Waals surface area contributed by atoms with Crippen molar-refractivity contribution in [2.24, 2.45) is 0 Å². The van der Waals surface area contributed by atoms with Crippen LogP contribution in [-0.4, -0.2) is 39.6 Å². The minimum absolute atomic E-state index is 0.128. The van der Waals surface area contributed by atoms with Crippen LogP contribution < -0.4 is 0 Å². The zero-order chi connectivity index (χ0) is 15.2. The lowest BCUT2D eigenvalue weighted by molar-refractivity contribution is -0.129. The average molecular weight is 286 g/mol. The van der Waals surface area contributed by atoms with Crippen molar-refractivity contribution in [3.05, 3.63) is 47.0 Å². The highest BCUT2D eigenvalue weighted by Gasteiger charge is 2.11. The summed E-state index contributed by atoms with van der Waals surface area (Å²) in [6.45, 7) is 4.80. The van der Waals surface area contributed by atoms with Crippen LogP contribution in [0.3, 0.4) is 0 Å². The van der Waals surface area contributed by atoms with Gasteiger partial charge in [0, 0.05) is 31.7 Å². The highest BCUT2D eigenvalue weighted by molar-refractivity contribution is 5.78. The Balaban J connectivity index is 1.79. The summed E-state index contributed by atoms with van der Waals surface area (Å²) >= 11 is 0. The Bertz CT molecular complexity index is 572. The molecule has 5 nitrogen and oxygen atoms in total. The second-order valence-corrected chi connectivity index (χ2v) is 5.37. The highest BCUT2D eigenvalue weighted by atomic mass is 16.2. The molecule has 0 fully saturated rings. The van der Waals surface area contributed by atoms with Crippen molar-refractivity contribution in [1.82, 2.24) is 20.1 Å². The third-order valence-corrected chi connectivity index (χ3v) is 3.70. The van der Waals surface area contributed by atoms with Gasteiger partial charge in [-0.05, 0) is 43.9 Å². The van der Waals surface area contributed by atoms with Gasteiger partial charge in [0.15, 0.2) is 0 Å². The number of aromatic amines is 1. The number of rotatable bonds is 6. The lowest BCUT2D eigenvalue weighted by atomic mass is 10.1. The van der Waals surface area contributed by atoms with Crippen LogP contribution in [0.4, 0.5) is 0 Å². The standard InChI is InChI=1S/C16H22N4O/c1-12-15(13(2)19-18-12)7-5-9-20(3)16(21)10-14-6-4-8-17-11-14/h4,6,8,11H,5,7,9-10H2,1-3H3,(H,18,19). The molecule has 0 saturated heterocycles. The Hall–Kier alpha value is -2.17. The molecule has 112 valence electrons. The second-order valence-electron chi connectivity index (χ2n) is 5.37. The Morgan fingerprint density at radius 1 is 1.38 bits per heavy atom. The van der Waals surface area contributed by atoms with Crippen LogP contribution in [0.1, 0.15) is 28.9 Å². The van der Waals surface area contributed by atoms with Crippen LogP contribution in [0.25, 0.3) is 0 Å². The van der Waals surface area contributed by atoms with Gasteiger partial charge in [0.25, 0.3) is 0 Å². The number of nitrogens with zero attached hydrogens (tertiary/aromatic N) is 3. The number of hydrogen-bond donors (Lipinski definition) is 1. The molecule has 1 N–H and O–H groups in total. The third-order valence-electron chi connectivity index (χ3n) is 3.70. The Morgan fingerprint density at radius 2 is 2.19 bits per heavy atom. The van der Waals surface area contributed by atoms with E-state index in [9.17, 15) is 4.79 Å². The first kappa shape index (κ1) is 15.2. The van der Waals surface area contributed by atoms with Crippen LogP contribution in [0.2, 0.25) is 0 Å². The number of amides is 1. The molecule has 1 amide bonds. The zero-order valence-corrected chi connectivity index (χ0v) is 12.9. The van der Waals surface area contributed by atoms with Gasteiger partial charge in [-0.15, -0.1) is 0 Å². The number of hydrogen-bond acceptors (Lipinski definition) is 3. The lowest BCUT2D eigenvalue weighted by Crippen LogP contribution is -2.29. The maximum absolute atomic E-state index is 12.1. The van der Waals surface area contributed by atoms with Crippen molar-refractivity contribution in [3.63, 3.8) is 0 Å². The first-order valence-corrected chi connectivity index (χ1v) is 7.21. The minimum Gasteiger partial charge on any atom is -0.345 e. The molecule has 2 heterocycles. The number of pyridine rings is 1. The van der Waals surface area contributed by atoms with Crippen molar-refractivity contribution in [3.8, 4) is 0 Å². The zero-order valence-electron chi connectivity index (χ0n) is 12.9. The summed E-state index contributed by atoms with van der Waals surface area (Å²) < 4.78 is 0. The predicted octanol–water partition coefficient (Wildman–Crippen LogP) is 2.06. The van der Waals surface area contributed by atoms with E-state index in [2.05, 4.69) is 15.2 Å². The number of likely N-dealkylation sites (N-methyl/N-ethyl adjacent to an activating group) is 1. The van der Waals surface area contributed by atoms with E-state index in [0.29, 0.717) is 6.42 Å². The summed E-state index contributed by atoms with van der Waals surface area (Å²) in [6, 6.07) is 3.78. The molecule has 5 heteroatoms. The quantitative estimate of drug-likeness (QED) is 0.884. The molecule has 2 aromatic rings. The SMILES string of the molecule is Cc1n[nH]c(C)c1CCCN(C)C(=O)Cc1cccnc1. The van der Waals surface area contributed by atoms with E-state index in [1.807, 2.05) is 33.0 Å². The molecule has 2 aromatic heterocycles. The molecule has 0 saturated carbocycles. The van der Waals surface area contributed by atoms with Gasteiger partial charge in [-0.1, -0.05) is 6.07 Å². The number of nitrogens with one attached hydrogen (secondary N) is 1. The van der Waals surface area contributed by atoms with Crippen molar-refractivity contribution >= 4 is 5.91 Å². The smallest absolute Gasteiger partial charge is 0.226 e. The largest absolute Gasteiger partial charge is 0.345 e. The monoisotopic (exact) mass is 286 g/mol. The van der Waals surface area contributed by atoms with E-state index >= 15 is 0 Å². The maximum Gasteiger partial charge on any atom is 0.226 e. The third kappa shape index (κ3) is 4.15. The van der Waals surface area contributed by atoms with E-state index in [0.717, 1.165) is 36.3 Å². The molecular weight excluding hydrogens is 264 g/mol. The van der Waals surface area contributed by atoms with Crippen LogP contribution in [-0.2, 0) is 17.6 Å². The van der Waals surface area contributed by atoms with Crippen molar-refractivity contribution < 1.29 is 4.79 Å². The lowest BCUT2D eigenvalue weighted by Gasteiger charge is -2.17. The molecule has 0 unspecified atom stereocenters. The van der Waals surface area contributed by atoms with Gasteiger partial charge in [-0.3, -0.25) is 14.9 Å². The van der Waals surface area contributed by atoms with Crippen molar-refractivity contribution in [2.75, 3.05) is 13.6 Å². The number of aryl methyl sites for hydroxylation is 2. The molecule has 0 atom stereocenters. The van der Waals surface area contributed by atoms with Crippen LogP contribution >= 0.6 is 0 Å². The van der Waals surface area contributed by atoms with Crippen LogP contribution in [0, 0.1) is 13.8 Å². The molecule has 0 aliphatic heterocycles. The summed E-state index contributed by atoms with van der Waals surface area (Å²) in [7, 11) is 1.85. The number of H-pyrrole nitrogens is 1. The van der Waals surface area contributed by atoms with E-state index < -0.39 is 0 Å². The van der Waals surface area contributed by atoms with Gasteiger partial charge in [0.05, 0.1) is 12.1 Å². The molecule has 0 bridgehead atoms. The molecule has 2 rings (SSSR count). The fraction of sp³-hybridized carbons (Fsp3) is 0.438. The summed E-state index contributed by atoms with van der Waals surface area (Å²) in [6.07, 6.45) is 5.75. The maximum atomic E-state index is 12.1. The van der Waals surface area contributed by atoms with E-state index in [4.69, 9.17) is 0 Å². The van der Waals surface area contributed by atoms with Gasteiger partial charge >= 0.3 is 0 Å². The van der Waals surface area contributed by atoms with Crippen molar-refractivity contribution in [2.45, 2.75) is 33.1 Å². The summed E-state index contributed by atoms with van der Waals surface area (Å²) in [5.41, 5.74) is 4.40. The molecule has 0 spiro atoms. The van der Waals surface area contributed by atoms with E-state index in [1.54, 1.807) is 17.3 Å². The minimum atomic E-state index is 0.128. The van der Waals surface area contributed by atoms with Gasteiger partial charge in [-0.2, -0.15) is 5.10 Å². The molecule has 21 heavy (non-hydrogen) atoms. The van der Waals surface area contributed by atoms with Gasteiger partial charge in [-0.25, -0.2) is 0 Å². The second kappa shape index (κ2) is 7.02. The Kier molecular flexibility index (Phi) is 5.09. The van der Waals surface area contributed by atoms with Gasteiger partial charge < -0.3 is 4.90 Å². The summed E-state index contributed by atoms with van der Waals surface area (Å²) in [5.74, 6) is 0.128. The number of aromatic nitrogens is 3. The van der Waals surface area contributed by atoms with Gasteiger partial charge in [0.1, 0.15) is 0 Å². The molecular formula is C16H22N4O. The van der Waals surface area contributed by atoms with E-state index in [1.165, 1.54) is 5.56 Å². The fourth-order valence-electron chi connectivity index (χ4n) is 2.37. The Labute approximate surface area is 125 Å². The number of carbonyl (C=O) groups is 1. The van der Waals surface area contributed by atoms with E-state index in [-0.39, 0.29) is 5.91 Å². The van der Waals surface area contributed by atoms with Crippen LogP contribution in [0.15, 0.2) is 24.5 Å². The first-order valence-electron chi connectivity index (χ1n) is 7.21. The fourth-order valence-corrected chi connectivity index (χ4v) is 2.37. The number of carbonyl (C=O) groups excluding carboxylic acids is 1. The first-order chi connectivity index (χ1) is 10.1. The predicted molar refractivity (Wildman–Crippen MR) is 82.0 cm³/mol. The Morgan fingerprint density at radius 3 is 2.81 bits per heavy atom. The molecule has 0 radical (unpaired) electrons. The van der Waals surface area contributed by atoms with Crippen molar-refractivity contribution in [1.29, 1.82) is 0 Å². The normalized spacial score (nSPS) is 10.6. The summed E-state index contributed by atoms with van der Waals surface area (Å²) in [5, 5.41) is 7.19. The average Bonchev–Trinajstić information content (AvgIpc) is 2.80. The molecule has 0 aliphatic rings. The topological polar surface area (TPSA) is 61.9 Å². The highest BCUT2D eigenvalue weighted by Crippen LogP contribution is 2.12. The van der Waals surface area contributed by atoms with Gasteiger partial charge in [0.2, 0.25) is 5.91 Å².